The first-order valence-electron chi connectivity index (χ1n) is 7.60. The van der Waals surface area contributed by atoms with Gasteiger partial charge in [-0.15, -0.1) is 0 Å². The maximum atomic E-state index is 12.1. The molecule has 1 aliphatic heterocycles. The summed E-state index contributed by atoms with van der Waals surface area (Å²) in [6.07, 6.45) is 0.861. The number of benzene rings is 1. The number of hydrogen-bond donors (Lipinski definition) is 1. The second-order valence-electron chi connectivity index (χ2n) is 5.68. The molecule has 1 fully saturated rings. The highest BCUT2D eigenvalue weighted by Crippen LogP contribution is 2.22. The predicted molar refractivity (Wildman–Crippen MR) is 89.0 cm³/mol. The van der Waals surface area contributed by atoms with Crippen LogP contribution in [0.4, 0.5) is 5.69 Å². The van der Waals surface area contributed by atoms with E-state index in [4.69, 9.17) is 11.6 Å². The number of nitrogens with zero attached hydrogens (tertiary/aromatic N) is 3. The highest BCUT2D eigenvalue weighted by molar-refractivity contribution is 6.34. The van der Waals surface area contributed by atoms with Gasteiger partial charge < -0.3 is 15.1 Å². The number of non-ortho nitro benzene ring substituents is 1. The quantitative estimate of drug-likeness (QED) is 0.483. The number of hydrogen-bond acceptors (Lipinski definition) is 5. The Morgan fingerprint density at radius 2 is 2.04 bits per heavy atom. The van der Waals surface area contributed by atoms with Gasteiger partial charge in [0.15, 0.2) is 0 Å². The van der Waals surface area contributed by atoms with E-state index in [1.54, 1.807) is 0 Å². The molecule has 0 spiro atoms. The smallest absolute Gasteiger partial charge is 0.270 e. The van der Waals surface area contributed by atoms with Crippen molar-refractivity contribution in [3.05, 3.63) is 38.9 Å². The summed E-state index contributed by atoms with van der Waals surface area (Å²) in [4.78, 5) is 26.9. The van der Waals surface area contributed by atoms with Crippen LogP contribution in [0.3, 0.4) is 0 Å². The fourth-order valence-electron chi connectivity index (χ4n) is 2.47. The molecule has 1 N–H and O–H groups in total. The van der Waals surface area contributed by atoms with E-state index in [1.807, 2.05) is 0 Å². The van der Waals surface area contributed by atoms with Crippen LogP contribution in [-0.2, 0) is 0 Å². The third-order valence-electron chi connectivity index (χ3n) is 3.94. The molecule has 0 bridgehead atoms. The molecule has 0 saturated carbocycles. The first-order chi connectivity index (χ1) is 11.0. The van der Waals surface area contributed by atoms with Crippen molar-refractivity contribution >= 4 is 23.2 Å². The lowest BCUT2D eigenvalue weighted by Gasteiger charge is -2.32. The summed E-state index contributed by atoms with van der Waals surface area (Å²) in [5.74, 6) is -0.303. The minimum Gasteiger partial charge on any atom is -0.352 e. The van der Waals surface area contributed by atoms with Gasteiger partial charge in [-0.2, -0.15) is 0 Å². The molecule has 1 amide bonds. The summed E-state index contributed by atoms with van der Waals surface area (Å²) in [5.41, 5.74) is 0.137. The van der Waals surface area contributed by atoms with E-state index in [9.17, 15) is 14.9 Å². The van der Waals surface area contributed by atoms with Gasteiger partial charge in [-0.1, -0.05) is 11.6 Å². The number of halogens is 1. The van der Waals surface area contributed by atoms with Crippen molar-refractivity contribution in [1.82, 2.24) is 15.1 Å². The van der Waals surface area contributed by atoms with Crippen LogP contribution in [0.25, 0.3) is 0 Å². The lowest BCUT2D eigenvalue weighted by molar-refractivity contribution is -0.384. The first-order valence-corrected chi connectivity index (χ1v) is 7.98. The zero-order valence-corrected chi connectivity index (χ0v) is 13.9. The van der Waals surface area contributed by atoms with Crippen LogP contribution in [0.1, 0.15) is 16.8 Å². The maximum absolute atomic E-state index is 12.1. The Balaban J connectivity index is 1.75. The van der Waals surface area contributed by atoms with Crippen LogP contribution in [0.15, 0.2) is 18.2 Å². The zero-order valence-electron chi connectivity index (χ0n) is 13.1. The average Bonchev–Trinajstić information content (AvgIpc) is 2.52. The Morgan fingerprint density at radius 3 is 2.65 bits per heavy atom. The molecule has 7 nitrogen and oxygen atoms in total. The zero-order chi connectivity index (χ0) is 16.8. The van der Waals surface area contributed by atoms with Crippen LogP contribution >= 0.6 is 11.6 Å². The standard InChI is InChI=1S/C15H21ClN4O3/c1-18-7-9-19(10-8-18)6-2-5-17-15(21)13-4-3-12(20(22)23)11-14(13)16/h3-4,11H,2,5-10H2,1H3,(H,17,21). The number of nitro benzene ring substituents is 1. The fraction of sp³-hybridized carbons (Fsp3) is 0.533. The molecule has 1 aromatic rings. The Morgan fingerprint density at radius 1 is 1.35 bits per heavy atom. The number of rotatable bonds is 6. The Bertz CT molecular complexity index is 574. The monoisotopic (exact) mass is 340 g/mol. The highest BCUT2D eigenvalue weighted by atomic mass is 35.5. The molecule has 1 saturated heterocycles. The van der Waals surface area contributed by atoms with E-state index in [0.717, 1.165) is 39.1 Å². The SMILES string of the molecule is CN1CCN(CCCNC(=O)c2ccc([N+](=O)[O-])cc2Cl)CC1. The highest BCUT2D eigenvalue weighted by Gasteiger charge is 2.15. The van der Waals surface area contributed by atoms with E-state index in [-0.39, 0.29) is 22.2 Å². The Hall–Kier alpha value is -1.70. The van der Waals surface area contributed by atoms with Gasteiger partial charge in [-0.25, -0.2) is 0 Å². The average molecular weight is 341 g/mol. The summed E-state index contributed by atoms with van der Waals surface area (Å²) in [5, 5.41) is 13.6. The minimum atomic E-state index is -0.538. The predicted octanol–water partition coefficient (Wildman–Crippen LogP) is 1.62. The molecule has 126 valence electrons. The number of nitro groups is 1. The number of amides is 1. The van der Waals surface area contributed by atoms with Gasteiger partial charge in [0.25, 0.3) is 11.6 Å². The Labute approximate surface area is 140 Å². The molecule has 0 unspecified atom stereocenters. The molecule has 0 aromatic heterocycles. The fourth-order valence-corrected chi connectivity index (χ4v) is 2.73. The van der Waals surface area contributed by atoms with Crippen LogP contribution in [-0.4, -0.2) is 66.9 Å². The molecule has 8 heteroatoms. The van der Waals surface area contributed by atoms with Crippen LogP contribution in [0, 0.1) is 10.1 Å². The third-order valence-corrected chi connectivity index (χ3v) is 4.25. The van der Waals surface area contributed by atoms with Crippen molar-refractivity contribution in [3.63, 3.8) is 0 Å². The van der Waals surface area contributed by atoms with Crippen LogP contribution in [0.5, 0.6) is 0 Å². The normalized spacial score (nSPS) is 16.3. The molecule has 0 aliphatic carbocycles. The summed E-state index contributed by atoms with van der Waals surface area (Å²) in [7, 11) is 2.12. The van der Waals surface area contributed by atoms with Crippen molar-refractivity contribution in [3.8, 4) is 0 Å². The molecule has 2 rings (SSSR count). The van der Waals surface area contributed by atoms with Crippen LogP contribution < -0.4 is 5.32 Å². The molecular weight excluding hydrogens is 320 g/mol. The summed E-state index contributed by atoms with van der Waals surface area (Å²) in [6, 6.07) is 3.86. The maximum Gasteiger partial charge on any atom is 0.270 e. The van der Waals surface area contributed by atoms with Gasteiger partial charge >= 0.3 is 0 Å². The number of carbonyl (C=O) groups excluding carboxylic acids is 1. The molecular formula is C15H21ClN4O3. The second kappa shape index (κ2) is 8.24. The van der Waals surface area contributed by atoms with Gasteiger partial charge in [0.05, 0.1) is 15.5 Å². The van der Waals surface area contributed by atoms with Crippen molar-refractivity contribution in [2.24, 2.45) is 0 Å². The second-order valence-corrected chi connectivity index (χ2v) is 6.08. The van der Waals surface area contributed by atoms with E-state index in [1.165, 1.54) is 18.2 Å². The molecule has 0 radical (unpaired) electrons. The molecule has 0 atom stereocenters. The molecule has 23 heavy (non-hydrogen) atoms. The van der Waals surface area contributed by atoms with Gasteiger partial charge in [-0.3, -0.25) is 14.9 Å². The molecule has 1 aliphatic rings. The van der Waals surface area contributed by atoms with Crippen molar-refractivity contribution in [2.45, 2.75) is 6.42 Å². The number of carbonyl (C=O) groups is 1. The molecule has 1 aromatic carbocycles. The Kier molecular flexibility index (Phi) is 6.32. The van der Waals surface area contributed by atoms with Crippen molar-refractivity contribution < 1.29 is 9.72 Å². The molecule has 1 heterocycles. The number of piperazine rings is 1. The summed E-state index contributed by atoms with van der Waals surface area (Å²) in [6.45, 7) is 5.76. The lowest BCUT2D eigenvalue weighted by atomic mass is 10.2. The van der Waals surface area contributed by atoms with Crippen molar-refractivity contribution in [1.29, 1.82) is 0 Å². The van der Waals surface area contributed by atoms with Crippen molar-refractivity contribution in [2.75, 3.05) is 46.3 Å². The number of likely N-dealkylation sites (N-methyl/N-ethyl adjacent to an activating group) is 1. The first kappa shape index (κ1) is 17.7. The lowest BCUT2D eigenvalue weighted by Crippen LogP contribution is -2.45. The van der Waals surface area contributed by atoms with E-state index >= 15 is 0 Å². The van der Waals surface area contributed by atoms with E-state index < -0.39 is 4.92 Å². The van der Waals surface area contributed by atoms with Gasteiger partial charge in [0.1, 0.15) is 0 Å². The van der Waals surface area contributed by atoms with Gasteiger partial charge in [0, 0.05) is 44.9 Å². The topological polar surface area (TPSA) is 78.7 Å². The van der Waals surface area contributed by atoms with E-state index in [2.05, 4.69) is 22.2 Å². The van der Waals surface area contributed by atoms with Crippen LogP contribution in [0.2, 0.25) is 5.02 Å². The van der Waals surface area contributed by atoms with Gasteiger partial charge in [0.2, 0.25) is 0 Å². The minimum absolute atomic E-state index is 0.0933. The largest absolute Gasteiger partial charge is 0.352 e. The summed E-state index contributed by atoms with van der Waals surface area (Å²) < 4.78 is 0. The number of nitrogens with one attached hydrogen (secondary N) is 1. The van der Waals surface area contributed by atoms with E-state index in [0.29, 0.717) is 6.54 Å². The summed E-state index contributed by atoms with van der Waals surface area (Å²) >= 11 is 5.94. The third kappa shape index (κ3) is 5.16. The van der Waals surface area contributed by atoms with Gasteiger partial charge in [-0.05, 0) is 26.1 Å².